The second kappa shape index (κ2) is 4.76. The van der Waals surface area contributed by atoms with E-state index in [4.69, 9.17) is 0 Å². The number of sulfone groups is 1. The van der Waals surface area contributed by atoms with Gasteiger partial charge in [0.15, 0.2) is 9.84 Å². The maximum Gasteiger partial charge on any atom is 0.182 e. The van der Waals surface area contributed by atoms with Crippen LogP contribution in [0.4, 0.5) is 0 Å². The van der Waals surface area contributed by atoms with E-state index in [0.717, 1.165) is 11.0 Å². The molecule has 0 bridgehead atoms. The zero-order chi connectivity index (χ0) is 12.3. The van der Waals surface area contributed by atoms with Crippen molar-refractivity contribution in [1.82, 2.24) is 0 Å². The predicted octanol–water partition coefficient (Wildman–Crippen LogP) is 0.919. The van der Waals surface area contributed by atoms with Gasteiger partial charge in [-0.15, -0.1) is 0 Å². The van der Waals surface area contributed by atoms with E-state index < -0.39 is 9.84 Å². The van der Waals surface area contributed by atoms with Crippen molar-refractivity contribution in [2.45, 2.75) is 10.6 Å². The van der Waals surface area contributed by atoms with Crippen LogP contribution in [0.15, 0.2) is 59.5 Å². The van der Waals surface area contributed by atoms with Gasteiger partial charge in [-0.25, -0.2) is 8.42 Å². The summed E-state index contributed by atoms with van der Waals surface area (Å²) >= 11 is 0. The van der Waals surface area contributed by atoms with Gasteiger partial charge in [0.25, 0.3) is 0 Å². The van der Waals surface area contributed by atoms with Gasteiger partial charge in [0.1, 0.15) is 7.85 Å². The van der Waals surface area contributed by atoms with Crippen molar-refractivity contribution >= 4 is 23.1 Å². The second-order valence-corrected chi connectivity index (χ2v) is 5.99. The summed E-state index contributed by atoms with van der Waals surface area (Å²) in [5, 5.41) is 0. The first-order valence-corrected chi connectivity index (χ1v) is 7.07. The Balaban J connectivity index is 2.34. The van der Waals surface area contributed by atoms with Crippen molar-refractivity contribution in [2.75, 3.05) is 0 Å². The molecule has 0 spiro atoms. The van der Waals surface area contributed by atoms with E-state index in [-0.39, 0.29) is 5.75 Å². The predicted molar refractivity (Wildman–Crippen MR) is 72.0 cm³/mol. The molecule has 2 aromatic carbocycles. The summed E-state index contributed by atoms with van der Waals surface area (Å²) in [6.07, 6.45) is 0. The monoisotopic (exact) mass is 244 g/mol. The molecule has 4 heteroatoms. The van der Waals surface area contributed by atoms with Crippen molar-refractivity contribution in [1.29, 1.82) is 0 Å². The van der Waals surface area contributed by atoms with Crippen LogP contribution in [0.25, 0.3) is 0 Å². The van der Waals surface area contributed by atoms with Gasteiger partial charge in [0.2, 0.25) is 0 Å². The molecule has 0 atom stereocenters. The Kier molecular flexibility index (Phi) is 3.34. The Morgan fingerprint density at radius 2 is 1.47 bits per heavy atom. The van der Waals surface area contributed by atoms with Gasteiger partial charge in [0.05, 0.1) is 10.6 Å². The van der Waals surface area contributed by atoms with Crippen LogP contribution in [0.3, 0.4) is 0 Å². The molecule has 0 aromatic heterocycles. The molecular formula is C13H13BO2S. The van der Waals surface area contributed by atoms with Gasteiger partial charge in [0, 0.05) is 0 Å². The van der Waals surface area contributed by atoms with Crippen LogP contribution in [0, 0.1) is 0 Å². The fourth-order valence-electron chi connectivity index (χ4n) is 1.69. The highest BCUT2D eigenvalue weighted by Gasteiger charge is 2.15. The van der Waals surface area contributed by atoms with Crippen molar-refractivity contribution < 1.29 is 8.42 Å². The van der Waals surface area contributed by atoms with Gasteiger partial charge in [-0.1, -0.05) is 47.9 Å². The Hall–Kier alpha value is -1.55. The van der Waals surface area contributed by atoms with E-state index in [1.165, 1.54) is 0 Å². The summed E-state index contributed by atoms with van der Waals surface area (Å²) in [5.74, 6) is 0.0592. The first-order chi connectivity index (χ1) is 8.09. The highest BCUT2D eigenvalue weighted by molar-refractivity contribution is 7.90. The number of benzene rings is 2. The van der Waals surface area contributed by atoms with E-state index in [2.05, 4.69) is 0 Å². The summed E-state index contributed by atoms with van der Waals surface area (Å²) in [6, 6.07) is 16.1. The molecule has 0 aliphatic rings. The maximum absolute atomic E-state index is 12.2. The first-order valence-electron chi connectivity index (χ1n) is 5.42. The lowest BCUT2D eigenvalue weighted by Gasteiger charge is -2.07. The summed E-state index contributed by atoms with van der Waals surface area (Å²) in [7, 11) is -1.31. The van der Waals surface area contributed by atoms with Crippen molar-refractivity contribution in [2.24, 2.45) is 0 Å². The number of hydrogen-bond acceptors (Lipinski definition) is 2. The van der Waals surface area contributed by atoms with E-state index >= 15 is 0 Å². The Morgan fingerprint density at radius 1 is 0.882 bits per heavy atom. The van der Waals surface area contributed by atoms with Gasteiger partial charge in [-0.05, 0) is 17.7 Å². The summed E-state index contributed by atoms with van der Waals surface area (Å²) < 4.78 is 24.3. The van der Waals surface area contributed by atoms with Crippen LogP contribution in [-0.4, -0.2) is 16.3 Å². The molecule has 2 nitrogen and oxygen atoms in total. The SMILES string of the molecule is Bc1ccccc1CS(=O)(=O)c1ccccc1. The molecule has 2 aromatic rings. The zero-order valence-corrected chi connectivity index (χ0v) is 10.4. The molecule has 0 saturated carbocycles. The lowest BCUT2D eigenvalue weighted by atomic mass is 9.92. The molecule has 2 rings (SSSR count). The molecule has 0 unspecified atom stereocenters. The second-order valence-electron chi connectivity index (χ2n) is 4.00. The quantitative estimate of drug-likeness (QED) is 0.752. The summed E-state index contributed by atoms with van der Waals surface area (Å²) in [5.41, 5.74) is 1.86. The molecular weight excluding hydrogens is 231 g/mol. The Labute approximate surface area is 103 Å². The van der Waals surface area contributed by atoms with E-state index in [1.54, 1.807) is 24.3 Å². The van der Waals surface area contributed by atoms with Crippen LogP contribution in [0.1, 0.15) is 5.56 Å². The first kappa shape index (κ1) is 11.9. The van der Waals surface area contributed by atoms with Gasteiger partial charge < -0.3 is 0 Å². The average molecular weight is 244 g/mol. The Morgan fingerprint density at radius 3 is 2.12 bits per heavy atom. The van der Waals surface area contributed by atoms with Crippen LogP contribution in [0.5, 0.6) is 0 Å². The number of rotatable bonds is 3. The average Bonchev–Trinajstić information content (AvgIpc) is 2.33. The van der Waals surface area contributed by atoms with Crippen molar-refractivity contribution in [3.05, 3.63) is 60.2 Å². The fraction of sp³-hybridized carbons (Fsp3) is 0.0769. The third-order valence-corrected chi connectivity index (χ3v) is 4.39. The number of hydrogen-bond donors (Lipinski definition) is 0. The summed E-state index contributed by atoms with van der Waals surface area (Å²) in [6.45, 7) is 0. The van der Waals surface area contributed by atoms with Crippen LogP contribution in [0.2, 0.25) is 0 Å². The van der Waals surface area contributed by atoms with Crippen LogP contribution >= 0.6 is 0 Å². The maximum atomic E-state index is 12.2. The molecule has 0 heterocycles. The summed E-state index contributed by atoms with van der Waals surface area (Å²) in [4.78, 5) is 0.378. The van der Waals surface area contributed by atoms with Gasteiger partial charge in [-0.2, -0.15) is 0 Å². The van der Waals surface area contributed by atoms with Gasteiger partial charge in [-0.3, -0.25) is 0 Å². The largest absolute Gasteiger partial charge is 0.223 e. The van der Waals surface area contributed by atoms with E-state index in [1.807, 2.05) is 38.2 Å². The van der Waals surface area contributed by atoms with E-state index in [0.29, 0.717) is 4.90 Å². The molecule has 0 amide bonds. The third-order valence-electron chi connectivity index (χ3n) is 2.71. The van der Waals surface area contributed by atoms with Gasteiger partial charge >= 0.3 is 0 Å². The molecule has 0 aliphatic carbocycles. The van der Waals surface area contributed by atoms with Crippen molar-refractivity contribution in [3.8, 4) is 0 Å². The molecule has 0 aliphatic heterocycles. The molecule has 0 N–H and O–H groups in total. The highest BCUT2D eigenvalue weighted by Crippen LogP contribution is 2.14. The normalized spacial score (nSPS) is 11.3. The highest BCUT2D eigenvalue weighted by atomic mass is 32.2. The molecule has 0 radical (unpaired) electrons. The topological polar surface area (TPSA) is 34.1 Å². The molecule has 0 fully saturated rings. The lowest BCUT2D eigenvalue weighted by molar-refractivity contribution is 0.595. The fourth-order valence-corrected chi connectivity index (χ4v) is 3.16. The van der Waals surface area contributed by atoms with Crippen LogP contribution < -0.4 is 5.46 Å². The minimum absolute atomic E-state index is 0.0592. The minimum atomic E-state index is -3.24. The third kappa shape index (κ3) is 2.77. The standard InChI is InChI=1S/C13H13BO2S/c14-13-9-5-4-6-11(13)10-17(15,16)12-7-2-1-3-8-12/h1-9H,10,14H2. The molecule has 17 heavy (non-hydrogen) atoms. The Bertz CT molecular complexity index is 606. The van der Waals surface area contributed by atoms with Crippen molar-refractivity contribution in [3.63, 3.8) is 0 Å². The van der Waals surface area contributed by atoms with Crippen LogP contribution in [-0.2, 0) is 15.6 Å². The van der Waals surface area contributed by atoms with E-state index in [9.17, 15) is 8.42 Å². The molecule has 86 valence electrons. The minimum Gasteiger partial charge on any atom is -0.223 e. The zero-order valence-electron chi connectivity index (χ0n) is 9.63. The smallest absolute Gasteiger partial charge is 0.182 e. The molecule has 0 saturated heterocycles. The lowest BCUT2D eigenvalue weighted by Crippen LogP contribution is -2.14.